The standard InChI is InChI=1S/C41H25N3Se/c1-3-9-26(10-4-1)27-15-19-31(20-16-27)40-42-39(30-12-5-2-6-13-30)43-41(44-40)32-22-24-36-35(25-32)34-23-21-29-18-17-28-11-7-8-14-33(28)37(29)38(34)45-36/h1-25H. The largest absolute Gasteiger partial charge is 0.0617 e. The summed E-state index contributed by atoms with van der Waals surface area (Å²) in [4.78, 5) is 15.0. The zero-order valence-electron chi connectivity index (χ0n) is 24.2. The molecule has 0 aliphatic rings. The van der Waals surface area contributed by atoms with Crippen LogP contribution in [0.25, 0.3) is 86.1 Å². The Hall–Kier alpha value is -5.41. The summed E-state index contributed by atoms with van der Waals surface area (Å²) < 4.78 is 2.86. The molecule has 4 heteroatoms. The van der Waals surface area contributed by atoms with Crippen LogP contribution in [0.15, 0.2) is 152 Å². The van der Waals surface area contributed by atoms with E-state index in [0.29, 0.717) is 17.5 Å². The molecule has 0 saturated heterocycles. The number of nitrogens with zero attached hydrogens (tertiary/aromatic N) is 3. The van der Waals surface area contributed by atoms with Gasteiger partial charge in [0.2, 0.25) is 0 Å². The minimum atomic E-state index is 0.215. The van der Waals surface area contributed by atoms with Crippen molar-refractivity contribution >= 4 is 55.3 Å². The number of hydrogen-bond acceptors (Lipinski definition) is 3. The van der Waals surface area contributed by atoms with Gasteiger partial charge in [0.15, 0.2) is 0 Å². The Morgan fingerprint density at radius 3 is 1.64 bits per heavy atom. The molecule has 45 heavy (non-hydrogen) atoms. The Kier molecular flexibility index (Phi) is 6.15. The Labute approximate surface area is 266 Å². The quantitative estimate of drug-likeness (QED) is 0.142. The van der Waals surface area contributed by atoms with E-state index in [4.69, 9.17) is 15.0 Å². The molecule has 9 aromatic rings. The molecule has 210 valence electrons. The van der Waals surface area contributed by atoms with Gasteiger partial charge >= 0.3 is 237 Å². The molecule has 7 aromatic carbocycles. The van der Waals surface area contributed by atoms with Gasteiger partial charge in [-0.25, -0.2) is 0 Å². The first-order valence-electron chi connectivity index (χ1n) is 15.0. The Bertz CT molecular complexity index is 2520. The van der Waals surface area contributed by atoms with Crippen LogP contribution in [0.5, 0.6) is 0 Å². The zero-order valence-corrected chi connectivity index (χ0v) is 25.9. The molecule has 2 heterocycles. The van der Waals surface area contributed by atoms with Crippen molar-refractivity contribution < 1.29 is 0 Å². The molecule has 3 nitrogen and oxygen atoms in total. The van der Waals surface area contributed by atoms with E-state index in [1.165, 1.54) is 46.4 Å². The van der Waals surface area contributed by atoms with Crippen molar-refractivity contribution in [1.82, 2.24) is 15.0 Å². The van der Waals surface area contributed by atoms with Crippen LogP contribution in [0.2, 0.25) is 0 Å². The molecule has 0 atom stereocenters. The molecule has 0 aliphatic heterocycles. The Balaban J connectivity index is 1.21. The molecule has 0 amide bonds. The van der Waals surface area contributed by atoms with Crippen LogP contribution in [0.4, 0.5) is 0 Å². The van der Waals surface area contributed by atoms with E-state index in [-0.39, 0.29) is 14.5 Å². The molecular weight excluding hydrogens is 613 g/mol. The van der Waals surface area contributed by atoms with Gasteiger partial charge in [0, 0.05) is 0 Å². The second kappa shape index (κ2) is 10.6. The van der Waals surface area contributed by atoms with E-state index in [1.54, 1.807) is 0 Å². The fraction of sp³-hybridized carbons (Fsp3) is 0. The van der Waals surface area contributed by atoms with Crippen LogP contribution in [0, 0.1) is 0 Å². The molecule has 0 saturated carbocycles. The molecule has 0 aliphatic carbocycles. The van der Waals surface area contributed by atoms with Gasteiger partial charge in [-0.1, -0.05) is 30.3 Å². The molecule has 0 unspecified atom stereocenters. The average Bonchev–Trinajstić information content (AvgIpc) is 3.50. The average molecular weight is 639 g/mol. The predicted octanol–water partition coefficient (Wildman–Crippen LogP) is 10.2. The van der Waals surface area contributed by atoms with E-state index < -0.39 is 0 Å². The van der Waals surface area contributed by atoms with Crippen LogP contribution in [-0.2, 0) is 0 Å². The van der Waals surface area contributed by atoms with Crippen molar-refractivity contribution in [2.75, 3.05) is 0 Å². The Morgan fingerprint density at radius 1 is 0.356 bits per heavy atom. The number of hydrogen-bond donors (Lipinski definition) is 0. The summed E-state index contributed by atoms with van der Waals surface area (Å²) in [5.41, 5.74) is 5.28. The van der Waals surface area contributed by atoms with E-state index >= 15 is 0 Å². The summed E-state index contributed by atoms with van der Waals surface area (Å²) in [5, 5.41) is 7.91. The SMILES string of the molecule is c1ccc(-c2ccc(-c3nc(-c4ccccc4)nc(-c4ccc5[se]c6c(ccc7ccc8ccccc8c76)c5c4)n3)cc2)cc1. The van der Waals surface area contributed by atoms with Gasteiger partial charge in [0.05, 0.1) is 0 Å². The van der Waals surface area contributed by atoms with Crippen molar-refractivity contribution in [3.8, 4) is 45.3 Å². The molecule has 0 bridgehead atoms. The van der Waals surface area contributed by atoms with Gasteiger partial charge in [0.25, 0.3) is 0 Å². The van der Waals surface area contributed by atoms with Gasteiger partial charge in [-0.3, -0.25) is 0 Å². The second-order valence-electron chi connectivity index (χ2n) is 11.3. The summed E-state index contributed by atoms with van der Waals surface area (Å²) in [5.74, 6) is 2.02. The third kappa shape index (κ3) is 4.55. The molecule has 9 rings (SSSR count). The summed E-state index contributed by atoms with van der Waals surface area (Å²) in [6.45, 7) is 0. The maximum atomic E-state index is 5.06. The van der Waals surface area contributed by atoms with Crippen LogP contribution in [0.1, 0.15) is 0 Å². The number of rotatable bonds is 4. The number of aromatic nitrogens is 3. The predicted molar refractivity (Wildman–Crippen MR) is 189 cm³/mol. The molecule has 0 fully saturated rings. The first-order valence-corrected chi connectivity index (χ1v) is 16.7. The Morgan fingerprint density at radius 2 is 0.889 bits per heavy atom. The van der Waals surface area contributed by atoms with Crippen molar-refractivity contribution in [3.63, 3.8) is 0 Å². The first-order chi connectivity index (χ1) is 22.3. The molecule has 0 radical (unpaired) electrons. The van der Waals surface area contributed by atoms with Crippen molar-refractivity contribution in [2.24, 2.45) is 0 Å². The third-order valence-electron chi connectivity index (χ3n) is 8.52. The van der Waals surface area contributed by atoms with Crippen molar-refractivity contribution in [3.05, 3.63) is 152 Å². The topological polar surface area (TPSA) is 38.7 Å². The molecule has 0 spiro atoms. The summed E-state index contributed by atoms with van der Waals surface area (Å²) in [6.07, 6.45) is 0. The zero-order chi connectivity index (χ0) is 29.7. The number of benzene rings is 7. The first kappa shape index (κ1) is 26.0. The van der Waals surface area contributed by atoms with Crippen LogP contribution in [-0.4, -0.2) is 29.5 Å². The second-order valence-corrected chi connectivity index (χ2v) is 13.5. The van der Waals surface area contributed by atoms with Gasteiger partial charge in [-0.15, -0.1) is 0 Å². The summed E-state index contributed by atoms with van der Waals surface area (Å²) >= 11 is 0.215. The molecular formula is C41H25N3Se. The van der Waals surface area contributed by atoms with Crippen LogP contribution < -0.4 is 0 Å². The van der Waals surface area contributed by atoms with Gasteiger partial charge in [-0.05, 0) is 0 Å². The van der Waals surface area contributed by atoms with Crippen molar-refractivity contribution in [2.45, 2.75) is 0 Å². The smallest absolute Gasteiger partial charge is 0.0544 e. The third-order valence-corrected chi connectivity index (χ3v) is 11.0. The van der Waals surface area contributed by atoms with Crippen molar-refractivity contribution in [1.29, 1.82) is 0 Å². The molecule has 2 aromatic heterocycles. The maximum absolute atomic E-state index is 5.06. The minimum Gasteiger partial charge on any atom is -0.0617 e. The fourth-order valence-electron chi connectivity index (χ4n) is 6.25. The van der Waals surface area contributed by atoms with E-state index in [2.05, 4.69) is 127 Å². The van der Waals surface area contributed by atoms with Crippen LogP contribution >= 0.6 is 0 Å². The normalized spacial score (nSPS) is 11.6. The van der Waals surface area contributed by atoms with E-state index in [9.17, 15) is 0 Å². The van der Waals surface area contributed by atoms with Gasteiger partial charge in [0.1, 0.15) is 0 Å². The van der Waals surface area contributed by atoms with E-state index in [0.717, 1.165) is 22.3 Å². The fourth-order valence-corrected chi connectivity index (χ4v) is 8.88. The maximum Gasteiger partial charge on any atom is -0.0544 e. The summed E-state index contributed by atoms with van der Waals surface area (Å²) in [6, 6.07) is 53.6. The molecule has 0 N–H and O–H groups in total. The monoisotopic (exact) mass is 639 g/mol. The number of fused-ring (bicyclic) bond motifs is 7. The van der Waals surface area contributed by atoms with Gasteiger partial charge < -0.3 is 0 Å². The summed E-state index contributed by atoms with van der Waals surface area (Å²) in [7, 11) is 0. The van der Waals surface area contributed by atoms with Crippen LogP contribution in [0.3, 0.4) is 0 Å². The minimum absolute atomic E-state index is 0.215. The van der Waals surface area contributed by atoms with Gasteiger partial charge in [-0.2, -0.15) is 0 Å². The van der Waals surface area contributed by atoms with E-state index in [1.807, 2.05) is 24.3 Å².